The van der Waals surface area contributed by atoms with Crippen molar-refractivity contribution in [1.82, 2.24) is 5.32 Å². The van der Waals surface area contributed by atoms with Crippen molar-refractivity contribution in [3.8, 4) is 5.75 Å². The van der Waals surface area contributed by atoms with Crippen LogP contribution in [-0.4, -0.2) is 19.2 Å². The highest BCUT2D eigenvalue weighted by Crippen LogP contribution is 2.18. The molecule has 0 bridgehead atoms. The van der Waals surface area contributed by atoms with E-state index in [1.807, 2.05) is 24.3 Å². The van der Waals surface area contributed by atoms with E-state index in [-0.39, 0.29) is 0 Å². The summed E-state index contributed by atoms with van der Waals surface area (Å²) in [6.07, 6.45) is 2.50. The second kappa shape index (κ2) is 4.80. The molecule has 0 spiro atoms. The van der Waals surface area contributed by atoms with Gasteiger partial charge in [-0.25, -0.2) is 0 Å². The molecule has 1 aromatic carbocycles. The van der Waals surface area contributed by atoms with E-state index < -0.39 is 0 Å². The summed E-state index contributed by atoms with van der Waals surface area (Å²) < 4.78 is 6.74. The summed E-state index contributed by atoms with van der Waals surface area (Å²) in [6, 6.07) is 8.51. The van der Waals surface area contributed by atoms with E-state index in [2.05, 4.69) is 21.2 Å². The fourth-order valence-corrected chi connectivity index (χ4v) is 2.03. The molecule has 3 heteroatoms. The van der Waals surface area contributed by atoms with Crippen molar-refractivity contribution in [2.45, 2.75) is 18.9 Å². The lowest BCUT2D eigenvalue weighted by Crippen LogP contribution is -2.28. The lowest BCUT2D eigenvalue weighted by molar-refractivity contribution is 0.277. The topological polar surface area (TPSA) is 21.3 Å². The van der Waals surface area contributed by atoms with Crippen LogP contribution in [0.25, 0.3) is 0 Å². The zero-order valence-electron chi connectivity index (χ0n) is 8.00. The minimum Gasteiger partial charge on any atom is -0.492 e. The van der Waals surface area contributed by atoms with Gasteiger partial charge in [-0.05, 0) is 37.6 Å². The monoisotopic (exact) mass is 255 g/mol. The van der Waals surface area contributed by atoms with Crippen LogP contribution >= 0.6 is 15.9 Å². The molecule has 1 unspecified atom stereocenters. The van der Waals surface area contributed by atoms with Gasteiger partial charge in [0.1, 0.15) is 12.4 Å². The smallest absolute Gasteiger partial charge is 0.120 e. The number of rotatable bonds is 3. The fourth-order valence-electron chi connectivity index (χ4n) is 1.65. The lowest BCUT2D eigenvalue weighted by Gasteiger charge is -2.11. The Morgan fingerprint density at radius 3 is 3.14 bits per heavy atom. The average molecular weight is 256 g/mol. The Kier molecular flexibility index (Phi) is 3.43. The van der Waals surface area contributed by atoms with Crippen LogP contribution in [0.2, 0.25) is 0 Å². The Hall–Kier alpha value is -0.540. The normalized spacial score (nSPS) is 21.1. The van der Waals surface area contributed by atoms with Crippen LogP contribution in [0.1, 0.15) is 12.8 Å². The highest BCUT2D eigenvalue weighted by molar-refractivity contribution is 9.10. The van der Waals surface area contributed by atoms with Gasteiger partial charge in [0.05, 0.1) is 0 Å². The molecule has 0 amide bonds. The van der Waals surface area contributed by atoms with Crippen LogP contribution in [0, 0.1) is 0 Å². The molecule has 1 aromatic rings. The first kappa shape index (κ1) is 9.99. The third-order valence-electron chi connectivity index (χ3n) is 2.41. The molecular formula is C11H14BrNO. The van der Waals surface area contributed by atoms with Crippen molar-refractivity contribution in [3.05, 3.63) is 28.7 Å². The molecule has 2 rings (SSSR count). The summed E-state index contributed by atoms with van der Waals surface area (Å²) in [4.78, 5) is 0. The van der Waals surface area contributed by atoms with E-state index >= 15 is 0 Å². The van der Waals surface area contributed by atoms with E-state index in [1.165, 1.54) is 12.8 Å². The molecule has 1 saturated heterocycles. The van der Waals surface area contributed by atoms with Gasteiger partial charge in [-0.2, -0.15) is 0 Å². The first-order valence-corrected chi connectivity index (χ1v) is 5.75. The summed E-state index contributed by atoms with van der Waals surface area (Å²) >= 11 is 3.42. The Bertz CT molecular complexity index is 297. The number of halogens is 1. The van der Waals surface area contributed by atoms with Crippen molar-refractivity contribution in [1.29, 1.82) is 0 Å². The quantitative estimate of drug-likeness (QED) is 0.897. The molecule has 76 valence electrons. The van der Waals surface area contributed by atoms with Gasteiger partial charge in [-0.15, -0.1) is 0 Å². The molecule has 0 aliphatic carbocycles. The maximum absolute atomic E-state index is 5.68. The van der Waals surface area contributed by atoms with Crippen molar-refractivity contribution < 1.29 is 4.74 Å². The Balaban J connectivity index is 1.85. The van der Waals surface area contributed by atoms with Gasteiger partial charge in [0, 0.05) is 10.5 Å². The van der Waals surface area contributed by atoms with Gasteiger partial charge in [-0.3, -0.25) is 0 Å². The fraction of sp³-hybridized carbons (Fsp3) is 0.455. The van der Waals surface area contributed by atoms with Crippen LogP contribution in [-0.2, 0) is 0 Å². The van der Waals surface area contributed by atoms with Gasteiger partial charge in [-0.1, -0.05) is 22.0 Å². The maximum Gasteiger partial charge on any atom is 0.120 e. The number of hydrogen-bond acceptors (Lipinski definition) is 2. The zero-order chi connectivity index (χ0) is 9.80. The van der Waals surface area contributed by atoms with Gasteiger partial charge >= 0.3 is 0 Å². The summed E-state index contributed by atoms with van der Waals surface area (Å²) in [5.74, 6) is 0.938. The maximum atomic E-state index is 5.68. The van der Waals surface area contributed by atoms with Crippen LogP contribution in [0.3, 0.4) is 0 Å². The molecule has 0 saturated carbocycles. The number of ether oxygens (including phenoxy) is 1. The molecule has 1 N–H and O–H groups in total. The second-order valence-corrected chi connectivity index (χ2v) is 4.48. The molecule has 1 aliphatic heterocycles. The second-order valence-electron chi connectivity index (χ2n) is 3.56. The lowest BCUT2D eigenvalue weighted by atomic mass is 10.2. The summed E-state index contributed by atoms with van der Waals surface area (Å²) in [7, 11) is 0. The largest absolute Gasteiger partial charge is 0.492 e. The van der Waals surface area contributed by atoms with E-state index in [4.69, 9.17) is 4.74 Å². The van der Waals surface area contributed by atoms with Gasteiger partial charge in [0.2, 0.25) is 0 Å². The molecule has 0 radical (unpaired) electrons. The van der Waals surface area contributed by atoms with Crippen LogP contribution in [0.15, 0.2) is 28.7 Å². The molecule has 14 heavy (non-hydrogen) atoms. The van der Waals surface area contributed by atoms with E-state index in [9.17, 15) is 0 Å². The van der Waals surface area contributed by atoms with Crippen molar-refractivity contribution in [3.63, 3.8) is 0 Å². The third-order valence-corrected chi connectivity index (χ3v) is 2.90. The standard InChI is InChI=1S/C11H14BrNO/c12-9-3-1-5-11(7-9)14-8-10-4-2-6-13-10/h1,3,5,7,10,13H,2,4,6,8H2. The number of benzene rings is 1. The number of hydrogen-bond donors (Lipinski definition) is 1. The SMILES string of the molecule is Brc1cccc(OCC2CCCN2)c1. The van der Waals surface area contributed by atoms with Gasteiger partial charge in [0.25, 0.3) is 0 Å². The zero-order valence-corrected chi connectivity index (χ0v) is 9.59. The molecular weight excluding hydrogens is 242 g/mol. The van der Waals surface area contributed by atoms with Gasteiger partial charge < -0.3 is 10.1 Å². The first-order valence-electron chi connectivity index (χ1n) is 4.96. The van der Waals surface area contributed by atoms with Crippen LogP contribution in [0.5, 0.6) is 5.75 Å². The van der Waals surface area contributed by atoms with Crippen LogP contribution in [0.4, 0.5) is 0 Å². The molecule has 1 heterocycles. The molecule has 1 fully saturated rings. The highest BCUT2D eigenvalue weighted by Gasteiger charge is 2.14. The Morgan fingerprint density at radius 1 is 1.50 bits per heavy atom. The van der Waals surface area contributed by atoms with E-state index in [1.54, 1.807) is 0 Å². The molecule has 1 atom stereocenters. The molecule has 2 nitrogen and oxygen atoms in total. The predicted molar refractivity (Wildman–Crippen MR) is 60.7 cm³/mol. The van der Waals surface area contributed by atoms with E-state index in [0.29, 0.717) is 6.04 Å². The minimum absolute atomic E-state index is 0.536. The van der Waals surface area contributed by atoms with Crippen molar-refractivity contribution >= 4 is 15.9 Å². The number of nitrogens with one attached hydrogen (secondary N) is 1. The third kappa shape index (κ3) is 2.72. The summed E-state index contributed by atoms with van der Waals surface area (Å²) in [6.45, 7) is 1.91. The van der Waals surface area contributed by atoms with Crippen molar-refractivity contribution in [2.75, 3.05) is 13.2 Å². The molecule has 1 aliphatic rings. The van der Waals surface area contributed by atoms with Crippen LogP contribution < -0.4 is 10.1 Å². The highest BCUT2D eigenvalue weighted by atomic mass is 79.9. The Labute approximate surface area is 92.8 Å². The van der Waals surface area contributed by atoms with Crippen molar-refractivity contribution in [2.24, 2.45) is 0 Å². The summed E-state index contributed by atoms with van der Waals surface area (Å²) in [5, 5.41) is 3.40. The van der Waals surface area contributed by atoms with Gasteiger partial charge in [0.15, 0.2) is 0 Å². The summed E-state index contributed by atoms with van der Waals surface area (Å²) in [5.41, 5.74) is 0. The average Bonchev–Trinajstić information content (AvgIpc) is 2.67. The van der Waals surface area contributed by atoms with E-state index in [0.717, 1.165) is 23.4 Å². The Morgan fingerprint density at radius 2 is 2.43 bits per heavy atom. The predicted octanol–water partition coefficient (Wildman–Crippen LogP) is 2.58. The minimum atomic E-state index is 0.536. The molecule has 0 aromatic heterocycles. The first-order chi connectivity index (χ1) is 6.84.